The smallest absolute Gasteiger partial charge is 0.232 e. The molecule has 0 radical (unpaired) electrons. The topological polar surface area (TPSA) is 65.6 Å². The second-order valence-corrected chi connectivity index (χ2v) is 8.60. The molecule has 1 aliphatic rings. The lowest BCUT2D eigenvalue weighted by Gasteiger charge is -2.27. The van der Waals surface area contributed by atoms with Crippen molar-refractivity contribution in [3.63, 3.8) is 0 Å². The first-order chi connectivity index (χ1) is 14.2. The largest absolute Gasteiger partial charge is 0.471 e. The van der Waals surface area contributed by atoms with Crippen molar-refractivity contribution in [2.45, 2.75) is 38.3 Å². The van der Waals surface area contributed by atoms with Crippen LogP contribution in [0.25, 0.3) is 0 Å². The van der Waals surface area contributed by atoms with E-state index >= 15 is 0 Å². The van der Waals surface area contributed by atoms with Gasteiger partial charge in [-0.15, -0.1) is 0 Å². The van der Waals surface area contributed by atoms with Gasteiger partial charge in [-0.2, -0.15) is 11.8 Å². The molecule has 0 spiro atoms. The third-order valence-corrected chi connectivity index (χ3v) is 6.03. The Kier molecular flexibility index (Phi) is 11.9. The van der Waals surface area contributed by atoms with Crippen LogP contribution in [0.2, 0.25) is 0 Å². The van der Waals surface area contributed by atoms with Crippen molar-refractivity contribution in [2.75, 3.05) is 44.7 Å². The van der Waals surface area contributed by atoms with Gasteiger partial charge in [0.2, 0.25) is 5.91 Å². The number of nitrogens with zero attached hydrogens (tertiary/aromatic N) is 1. The Balaban J connectivity index is 1.72. The quantitative estimate of drug-likeness (QED) is 0.263. The van der Waals surface area contributed by atoms with Crippen LogP contribution in [0, 0.1) is 0 Å². The highest BCUT2D eigenvalue weighted by Gasteiger charge is 2.16. The van der Waals surface area contributed by atoms with Crippen molar-refractivity contribution < 1.29 is 9.53 Å². The third-order valence-electron chi connectivity index (χ3n) is 4.73. The van der Waals surface area contributed by atoms with Crippen molar-refractivity contribution in [2.24, 2.45) is 0 Å². The molecular weight excluding hydrogens is 404 g/mol. The van der Waals surface area contributed by atoms with Gasteiger partial charge >= 0.3 is 0 Å². The van der Waals surface area contributed by atoms with Gasteiger partial charge in [-0.25, -0.2) is 0 Å². The number of hydrogen-bond donors (Lipinski definition) is 3. The molecule has 0 saturated carbocycles. The van der Waals surface area contributed by atoms with Gasteiger partial charge < -0.3 is 25.6 Å². The number of carbonyl (C=O) groups excluding carboxylic acids is 1. The fourth-order valence-electron chi connectivity index (χ4n) is 3.22. The van der Waals surface area contributed by atoms with Gasteiger partial charge in [0.15, 0.2) is 11.3 Å². The summed E-state index contributed by atoms with van der Waals surface area (Å²) in [5.41, 5.74) is 0. The zero-order chi connectivity index (χ0) is 20.7. The summed E-state index contributed by atoms with van der Waals surface area (Å²) in [6.45, 7) is 4.18. The first kappa shape index (κ1) is 23.8. The summed E-state index contributed by atoms with van der Waals surface area (Å²) in [4.78, 5) is 14.9. The molecular formula is C21H34N4O2S2. The summed E-state index contributed by atoms with van der Waals surface area (Å²) in [5.74, 6) is 2.02. The number of rotatable bonds is 12. The summed E-state index contributed by atoms with van der Waals surface area (Å²) < 4.78 is 6.05. The highest BCUT2D eigenvalue weighted by Crippen LogP contribution is 2.14. The van der Waals surface area contributed by atoms with Crippen molar-refractivity contribution >= 4 is 35.0 Å². The number of benzene rings is 1. The van der Waals surface area contributed by atoms with Crippen LogP contribution in [0.4, 0.5) is 0 Å². The van der Waals surface area contributed by atoms with E-state index in [4.69, 9.17) is 17.0 Å². The van der Waals surface area contributed by atoms with E-state index in [1.54, 1.807) is 18.8 Å². The Morgan fingerprint density at radius 2 is 2.00 bits per heavy atom. The second kappa shape index (κ2) is 14.5. The van der Waals surface area contributed by atoms with Crippen LogP contribution >= 0.6 is 24.0 Å². The number of carbonyl (C=O) groups is 1. The SMILES string of the molecule is CNC(=S)NCCSCC(=O)NC(CCCN1CCCCC1)Oc1ccccc1. The molecule has 1 saturated heterocycles. The van der Waals surface area contributed by atoms with E-state index in [-0.39, 0.29) is 12.1 Å². The Morgan fingerprint density at radius 3 is 2.72 bits per heavy atom. The zero-order valence-corrected chi connectivity index (χ0v) is 19.0. The van der Waals surface area contributed by atoms with Crippen LogP contribution in [-0.4, -0.2) is 66.9 Å². The maximum atomic E-state index is 12.4. The lowest BCUT2D eigenvalue weighted by Crippen LogP contribution is -2.41. The molecule has 8 heteroatoms. The average molecular weight is 439 g/mol. The zero-order valence-electron chi connectivity index (χ0n) is 17.3. The molecule has 29 heavy (non-hydrogen) atoms. The number of likely N-dealkylation sites (tertiary alicyclic amines) is 1. The van der Waals surface area contributed by atoms with Gasteiger partial charge in [-0.3, -0.25) is 4.79 Å². The van der Waals surface area contributed by atoms with E-state index in [9.17, 15) is 4.79 Å². The molecule has 1 heterocycles. The van der Waals surface area contributed by atoms with Gasteiger partial charge in [0.1, 0.15) is 5.75 Å². The molecule has 2 rings (SSSR count). The minimum atomic E-state index is -0.301. The molecule has 0 bridgehead atoms. The van der Waals surface area contributed by atoms with Crippen molar-refractivity contribution in [3.05, 3.63) is 30.3 Å². The maximum Gasteiger partial charge on any atom is 0.232 e. The first-order valence-corrected chi connectivity index (χ1v) is 12.0. The number of amides is 1. The van der Waals surface area contributed by atoms with Crippen LogP contribution in [0.1, 0.15) is 32.1 Å². The van der Waals surface area contributed by atoms with Crippen molar-refractivity contribution in [1.82, 2.24) is 20.9 Å². The molecule has 1 fully saturated rings. The molecule has 6 nitrogen and oxygen atoms in total. The van der Waals surface area contributed by atoms with Gasteiger partial charge in [0.05, 0.1) is 5.75 Å². The highest BCUT2D eigenvalue weighted by molar-refractivity contribution is 7.99. The third kappa shape index (κ3) is 10.7. The Hall–Kier alpha value is -1.51. The molecule has 3 N–H and O–H groups in total. The van der Waals surface area contributed by atoms with E-state index in [0.717, 1.165) is 37.4 Å². The van der Waals surface area contributed by atoms with E-state index in [1.165, 1.54) is 32.4 Å². The van der Waals surface area contributed by atoms with Crippen LogP contribution in [-0.2, 0) is 4.79 Å². The lowest BCUT2D eigenvalue weighted by molar-refractivity contribution is -0.121. The molecule has 0 aromatic heterocycles. The Morgan fingerprint density at radius 1 is 1.24 bits per heavy atom. The molecule has 0 aliphatic carbocycles. The summed E-state index contributed by atoms with van der Waals surface area (Å²) in [5, 5.41) is 9.63. The number of thiocarbonyl (C=S) groups is 1. The standard InChI is InChI=1S/C21H34N4O2S2/c1-22-21(28)23-12-16-29-17-19(26)24-20(27-18-9-4-2-5-10-18)11-8-15-25-13-6-3-7-14-25/h2,4-5,9-10,20H,3,6-8,11-17H2,1H3,(H,24,26)(H2,22,23,28). The minimum absolute atomic E-state index is 0.00472. The van der Waals surface area contributed by atoms with Gasteiger partial charge in [0, 0.05) is 25.8 Å². The fraction of sp³-hybridized carbons (Fsp3) is 0.619. The molecule has 1 atom stereocenters. The van der Waals surface area contributed by atoms with E-state index in [2.05, 4.69) is 20.9 Å². The first-order valence-electron chi connectivity index (χ1n) is 10.4. The molecule has 162 valence electrons. The highest BCUT2D eigenvalue weighted by atomic mass is 32.2. The molecule has 1 unspecified atom stereocenters. The van der Waals surface area contributed by atoms with Crippen LogP contribution in [0.15, 0.2) is 30.3 Å². The van der Waals surface area contributed by atoms with Gasteiger partial charge in [0.25, 0.3) is 0 Å². The van der Waals surface area contributed by atoms with Crippen molar-refractivity contribution in [1.29, 1.82) is 0 Å². The maximum absolute atomic E-state index is 12.4. The van der Waals surface area contributed by atoms with E-state index in [0.29, 0.717) is 10.9 Å². The Labute approximate surface area is 184 Å². The number of nitrogens with one attached hydrogen (secondary N) is 3. The predicted molar refractivity (Wildman–Crippen MR) is 126 cm³/mol. The predicted octanol–water partition coefficient (Wildman–Crippen LogP) is 2.60. The fourth-order valence-corrected chi connectivity index (χ4v) is 3.98. The minimum Gasteiger partial charge on any atom is -0.471 e. The second-order valence-electron chi connectivity index (χ2n) is 7.09. The molecule has 1 aromatic rings. The van der Waals surface area contributed by atoms with Gasteiger partial charge in [-0.05, 0) is 63.2 Å². The Bertz CT molecular complexity index is 598. The summed E-state index contributed by atoms with van der Waals surface area (Å²) in [6, 6.07) is 9.70. The van der Waals surface area contributed by atoms with Crippen LogP contribution < -0.4 is 20.7 Å². The van der Waals surface area contributed by atoms with Crippen molar-refractivity contribution in [3.8, 4) is 5.75 Å². The molecule has 1 aromatic carbocycles. The number of piperidine rings is 1. The molecule has 1 aliphatic heterocycles. The number of thioether (sulfide) groups is 1. The lowest BCUT2D eigenvalue weighted by atomic mass is 10.1. The average Bonchev–Trinajstić information content (AvgIpc) is 2.74. The number of ether oxygens (including phenoxy) is 1. The summed E-state index contributed by atoms with van der Waals surface area (Å²) in [6.07, 6.45) is 5.46. The number of hydrogen-bond acceptors (Lipinski definition) is 5. The van der Waals surface area contributed by atoms with Gasteiger partial charge in [-0.1, -0.05) is 24.6 Å². The molecule has 1 amide bonds. The summed E-state index contributed by atoms with van der Waals surface area (Å²) >= 11 is 6.62. The van der Waals surface area contributed by atoms with E-state index in [1.807, 2.05) is 30.3 Å². The van der Waals surface area contributed by atoms with Crippen LogP contribution in [0.3, 0.4) is 0 Å². The normalized spacial score (nSPS) is 15.3. The summed E-state index contributed by atoms with van der Waals surface area (Å²) in [7, 11) is 1.79. The monoisotopic (exact) mass is 438 g/mol. The van der Waals surface area contributed by atoms with E-state index < -0.39 is 0 Å². The number of para-hydroxylation sites is 1. The van der Waals surface area contributed by atoms with Crippen LogP contribution in [0.5, 0.6) is 5.75 Å².